The van der Waals surface area contributed by atoms with Crippen molar-refractivity contribution in [2.24, 2.45) is 0 Å². The highest BCUT2D eigenvalue weighted by molar-refractivity contribution is 4.82. The maximum absolute atomic E-state index is 5.21. The summed E-state index contributed by atoms with van der Waals surface area (Å²) in [6.07, 6.45) is 6.04. The molecular weight excluding hydrogens is 168 g/mol. The average Bonchev–Trinajstić information content (AvgIpc) is 2.16. The molecular formula is C10H18O3. The monoisotopic (exact) mass is 186 g/mol. The van der Waals surface area contributed by atoms with E-state index in [0.717, 1.165) is 13.0 Å². The summed E-state index contributed by atoms with van der Waals surface area (Å²) in [5.74, 6) is 2.38. The molecule has 0 fully saturated rings. The molecule has 0 radical (unpaired) electrons. The van der Waals surface area contributed by atoms with Crippen LogP contribution >= 0.6 is 0 Å². The normalized spacial score (nSPS) is 9.85. The van der Waals surface area contributed by atoms with E-state index in [4.69, 9.17) is 20.6 Å². The Hall–Kier alpha value is -0.560. The second-order valence-corrected chi connectivity index (χ2v) is 2.48. The highest BCUT2D eigenvalue weighted by Gasteiger charge is 1.89. The first-order chi connectivity index (χ1) is 6.41. The molecule has 0 atom stereocenters. The van der Waals surface area contributed by atoms with Gasteiger partial charge < -0.3 is 14.2 Å². The predicted octanol–water partition coefficient (Wildman–Crippen LogP) is 1.08. The van der Waals surface area contributed by atoms with Crippen molar-refractivity contribution in [1.82, 2.24) is 0 Å². The maximum Gasteiger partial charge on any atom is 0.107 e. The second kappa shape index (κ2) is 11.4. The fourth-order valence-corrected chi connectivity index (χ4v) is 0.715. The third-order valence-corrected chi connectivity index (χ3v) is 1.28. The van der Waals surface area contributed by atoms with Crippen molar-refractivity contribution < 1.29 is 14.2 Å². The van der Waals surface area contributed by atoms with Crippen LogP contribution in [0.4, 0.5) is 0 Å². The van der Waals surface area contributed by atoms with E-state index in [0.29, 0.717) is 33.0 Å². The molecule has 0 unspecified atom stereocenters. The van der Waals surface area contributed by atoms with E-state index in [1.165, 1.54) is 0 Å². The molecule has 13 heavy (non-hydrogen) atoms. The van der Waals surface area contributed by atoms with Gasteiger partial charge in [-0.3, -0.25) is 0 Å². The van der Waals surface area contributed by atoms with E-state index in [1.807, 2.05) is 0 Å². The Morgan fingerprint density at radius 2 is 1.46 bits per heavy atom. The zero-order chi connectivity index (χ0) is 9.78. The van der Waals surface area contributed by atoms with Crippen LogP contribution in [-0.2, 0) is 14.2 Å². The summed E-state index contributed by atoms with van der Waals surface area (Å²) in [5, 5.41) is 0. The summed E-state index contributed by atoms with van der Waals surface area (Å²) in [6.45, 7) is 5.65. The zero-order valence-corrected chi connectivity index (χ0v) is 8.25. The first-order valence-electron chi connectivity index (χ1n) is 4.58. The van der Waals surface area contributed by atoms with E-state index >= 15 is 0 Å². The molecule has 0 aromatic carbocycles. The van der Waals surface area contributed by atoms with Gasteiger partial charge >= 0.3 is 0 Å². The van der Waals surface area contributed by atoms with Crippen molar-refractivity contribution in [3.8, 4) is 12.3 Å². The lowest BCUT2D eigenvalue weighted by atomic mass is 10.5. The number of rotatable bonds is 9. The van der Waals surface area contributed by atoms with Crippen molar-refractivity contribution in [3.63, 3.8) is 0 Å². The average molecular weight is 186 g/mol. The lowest BCUT2D eigenvalue weighted by molar-refractivity contribution is 0.0204. The Morgan fingerprint density at radius 1 is 0.923 bits per heavy atom. The molecule has 0 aliphatic rings. The molecule has 0 aromatic heterocycles. The van der Waals surface area contributed by atoms with Crippen LogP contribution in [0.3, 0.4) is 0 Å². The first-order valence-corrected chi connectivity index (χ1v) is 4.58. The van der Waals surface area contributed by atoms with Gasteiger partial charge in [-0.2, -0.15) is 0 Å². The molecule has 0 aliphatic carbocycles. The summed E-state index contributed by atoms with van der Waals surface area (Å²) in [6, 6.07) is 0. The standard InChI is InChI=1S/C10H18O3/c1-3-5-11-7-9-13-10-8-12-6-4-2/h1H,4-10H2,2H3. The Morgan fingerprint density at radius 3 is 2.00 bits per heavy atom. The van der Waals surface area contributed by atoms with E-state index in [9.17, 15) is 0 Å². The minimum Gasteiger partial charge on any atom is -0.379 e. The summed E-state index contributed by atoms with van der Waals surface area (Å²) >= 11 is 0. The number of ether oxygens (including phenoxy) is 3. The molecule has 0 heterocycles. The van der Waals surface area contributed by atoms with Crippen LogP contribution in [0, 0.1) is 12.3 Å². The topological polar surface area (TPSA) is 27.7 Å². The highest BCUT2D eigenvalue weighted by Crippen LogP contribution is 1.82. The van der Waals surface area contributed by atoms with Gasteiger partial charge in [0.15, 0.2) is 0 Å². The van der Waals surface area contributed by atoms with Gasteiger partial charge in [-0.05, 0) is 6.42 Å². The van der Waals surface area contributed by atoms with Crippen LogP contribution in [0.5, 0.6) is 0 Å². The van der Waals surface area contributed by atoms with E-state index in [2.05, 4.69) is 12.8 Å². The highest BCUT2D eigenvalue weighted by atomic mass is 16.5. The Labute approximate surface area is 80.4 Å². The molecule has 0 amide bonds. The molecule has 0 N–H and O–H groups in total. The van der Waals surface area contributed by atoms with Crippen LogP contribution in [-0.4, -0.2) is 39.6 Å². The minimum absolute atomic E-state index is 0.357. The van der Waals surface area contributed by atoms with Gasteiger partial charge in [0.2, 0.25) is 0 Å². The molecule has 0 aromatic rings. The number of hydrogen-bond acceptors (Lipinski definition) is 3. The fraction of sp³-hybridized carbons (Fsp3) is 0.800. The maximum atomic E-state index is 5.21. The van der Waals surface area contributed by atoms with Gasteiger partial charge in [0, 0.05) is 6.61 Å². The molecule has 3 heteroatoms. The van der Waals surface area contributed by atoms with E-state index in [-0.39, 0.29) is 0 Å². The molecule has 0 spiro atoms. The van der Waals surface area contributed by atoms with Gasteiger partial charge in [-0.15, -0.1) is 6.42 Å². The summed E-state index contributed by atoms with van der Waals surface area (Å²) in [7, 11) is 0. The third-order valence-electron chi connectivity index (χ3n) is 1.28. The minimum atomic E-state index is 0.357. The molecule has 0 aliphatic heterocycles. The van der Waals surface area contributed by atoms with Crippen molar-refractivity contribution in [1.29, 1.82) is 0 Å². The predicted molar refractivity (Wildman–Crippen MR) is 51.6 cm³/mol. The summed E-state index contributed by atoms with van der Waals surface area (Å²) in [4.78, 5) is 0. The molecule has 0 rings (SSSR count). The van der Waals surface area contributed by atoms with Crippen molar-refractivity contribution in [2.75, 3.05) is 39.6 Å². The molecule has 76 valence electrons. The second-order valence-electron chi connectivity index (χ2n) is 2.48. The zero-order valence-electron chi connectivity index (χ0n) is 8.25. The van der Waals surface area contributed by atoms with Gasteiger partial charge in [0.05, 0.1) is 26.4 Å². The van der Waals surface area contributed by atoms with Gasteiger partial charge in [-0.25, -0.2) is 0 Å². The van der Waals surface area contributed by atoms with Gasteiger partial charge in [-0.1, -0.05) is 12.8 Å². The van der Waals surface area contributed by atoms with Crippen LogP contribution in [0.25, 0.3) is 0 Å². The lowest BCUT2D eigenvalue weighted by Gasteiger charge is -2.04. The number of terminal acetylenes is 1. The van der Waals surface area contributed by atoms with Crippen LogP contribution in [0.1, 0.15) is 13.3 Å². The molecule has 0 saturated heterocycles. The van der Waals surface area contributed by atoms with Crippen molar-refractivity contribution in [2.45, 2.75) is 13.3 Å². The first kappa shape index (κ1) is 12.4. The van der Waals surface area contributed by atoms with Crippen molar-refractivity contribution >= 4 is 0 Å². The Kier molecular flexibility index (Phi) is 10.9. The SMILES string of the molecule is C#CCOCCOCCOCCC. The lowest BCUT2D eigenvalue weighted by Crippen LogP contribution is -2.09. The van der Waals surface area contributed by atoms with Gasteiger partial charge in [0.25, 0.3) is 0 Å². The third kappa shape index (κ3) is 11.4. The Balaban J connectivity index is 2.80. The number of hydrogen-bond donors (Lipinski definition) is 0. The largest absolute Gasteiger partial charge is 0.379 e. The Bertz CT molecular complexity index is 129. The smallest absolute Gasteiger partial charge is 0.107 e. The quantitative estimate of drug-likeness (QED) is 0.398. The van der Waals surface area contributed by atoms with Gasteiger partial charge in [0.1, 0.15) is 6.61 Å². The van der Waals surface area contributed by atoms with Crippen LogP contribution in [0.15, 0.2) is 0 Å². The molecule has 3 nitrogen and oxygen atoms in total. The molecule has 0 saturated carbocycles. The van der Waals surface area contributed by atoms with Crippen LogP contribution < -0.4 is 0 Å². The molecule has 0 bridgehead atoms. The van der Waals surface area contributed by atoms with Crippen molar-refractivity contribution in [3.05, 3.63) is 0 Å². The summed E-state index contributed by atoms with van der Waals surface area (Å²) in [5.41, 5.74) is 0. The van der Waals surface area contributed by atoms with E-state index in [1.54, 1.807) is 0 Å². The fourth-order valence-electron chi connectivity index (χ4n) is 0.715. The van der Waals surface area contributed by atoms with E-state index < -0.39 is 0 Å². The van der Waals surface area contributed by atoms with Crippen LogP contribution in [0.2, 0.25) is 0 Å². The summed E-state index contributed by atoms with van der Waals surface area (Å²) < 4.78 is 15.4.